The number of hydrogen-bond donors (Lipinski definition) is 3. The van der Waals surface area contributed by atoms with Crippen LogP contribution in [0.1, 0.15) is 29.5 Å². The van der Waals surface area contributed by atoms with Gasteiger partial charge in [0.15, 0.2) is 0 Å². The van der Waals surface area contributed by atoms with Crippen LogP contribution in [0.25, 0.3) is 0 Å². The first-order valence-corrected chi connectivity index (χ1v) is 12.6. The maximum atomic E-state index is 12.8. The van der Waals surface area contributed by atoms with E-state index in [1.165, 1.54) is 0 Å². The Morgan fingerprint density at radius 2 is 1.12 bits per heavy atom. The molecule has 0 aliphatic carbocycles. The zero-order chi connectivity index (χ0) is 28.6. The SMILES string of the molecule is O=C(N[C@@H](CCCN(NC(=O)OCc1ccccc1)C(=O)OCc1ccccc1)C(=O)O)OCc1ccccc1. The minimum atomic E-state index is -1.28. The molecule has 0 unspecified atom stereocenters. The largest absolute Gasteiger partial charge is 0.480 e. The normalized spacial score (nSPS) is 11.0. The van der Waals surface area contributed by atoms with Crippen molar-refractivity contribution in [2.75, 3.05) is 6.54 Å². The summed E-state index contributed by atoms with van der Waals surface area (Å²) in [5, 5.41) is 12.8. The van der Waals surface area contributed by atoms with Crippen molar-refractivity contribution in [1.29, 1.82) is 0 Å². The molecule has 0 spiro atoms. The van der Waals surface area contributed by atoms with Gasteiger partial charge in [-0.15, -0.1) is 0 Å². The van der Waals surface area contributed by atoms with Gasteiger partial charge in [0.25, 0.3) is 0 Å². The Bertz CT molecular complexity index is 1230. The first-order valence-electron chi connectivity index (χ1n) is 12.6. The molecule has 0 fully saturated rings. The Balaban J connectivity index is 1.53. The number of hydrazine groups is 1. The quantitative estimate of drug-likeness (QED) is 0.219. The van der Waals surface area contributed by atoms with Crippen LogP contribution < -0.4 is 10.7 Å². The molecule has 11 nitrogen and oxygen atoms in total. The predicted octanol–water partition coefficient (Wildman–Crippen LogP) is 4.63. The molecule has 3 rings (SSSR count). The van der Waals surface area contributed by atoms with Crippen LogP contribution in [0.5, 0.6) is 0 Å². The van der Waals surface area contributed by atoms with Crippen LogP contribution in [-0.4, -0.2) is 47.0 Å². The smallest absolute Gasteiger partial charge is 0.429 e. The van der Waals surface area contributed by atoms with E-state index >= 15 is 0 Å². The second-order valence-electron chi connectivity index (χ2n) is 8.60. The lowest BCUT2D eigenvalue weighted by Gasteiger charge is -2.23. The minimum Gasteiger partial charge on any atom is -0.480 e. The van der Waals surface area contributed by atoms with Crippen molar-refractivity contribution in [3.05, 3.63) is 108 Å². The van der Waals surface area contributed by atoms with Crippen molar-refractivity contribution in [1.82, 2.24) is 15.8 Å². The van der Waals surface area contributed by atoms with Gasteiger partial charge in [0.05, 0.1) is 0 Å². The Kier molecular flexibility index (Phi) is 11.8. The summed E-state index contributed by atoms with van der Waals surface area (Å²) in [6.07, 6.45) is -2.60. The van der Waals surface area contributed by atoms with Gasteiger partial charge in [-0.05, 0) is 29.5 Å². The number of carbonyl (C=O) groups is 4. The fourth-order valence-corrected chi connectivity index (χ4v) is 3.47. The summed E-state index contributed by atoms with van der Waals surface area (Å²) >= 11 is 0. The summed E-state index contributed by atoms with van der Waals surface area (Å²) in [5.74, 6) is -1.27. The van der Waals surface area contributed by atoms with Gasteiger partial charge in [-0.25, -0.2) is 29.6 Å². The fraction of sp³-hybridized carbons (Fsp3) is 0.241. The molecule has 0 heterocycles. The van der Waals surface area contributed by atoms with Crippen LogP contribution in [0, 0.1) is 0 Å². The zero-order valence-corrected chi connectivity index (χ0v) is 21.7. The Hall–Kier alpha value is -5.06. The third kappa shape index (κ3) is 10.7. The lowest BCUT2D eigenvalue weighted by atomic mass is 10.1. The monoisotopic (exact) mass is 549 g/mol. The molecule has 3 aromatic rings. The maximum absolute atomic E-state index is 12.8. The Morgan fingerprint density at radius 1 is 0.675 bits per heavy atom. The molecular weight excluding hydrogens is 518 g/mol. The number of aliphatic carboxylic acids is 1. The Morgan fingerprint density at radius 3 is 1.60 bits per heavy atom. The van der Waals surface area contributed by atoms with Crippen LogP contribution in [0.3, 0.4) is 0 Å². The number of rotatable bonds is 12. The molecule has 0 aromatic heterocycles. The van der Waals surface area contributed by atoms with Gasteiger partial charge >= 0.3 is 24.2 Å². The van der Waals surface area contributed by atoms with Gasteiger partial charge in [-0.3, -0.25) is 0 Å². The van der Waals surface area contributed by atoms with Crippen molar-refractivity contribution >= 4 is 24.2 Å². The molecule has 40 heavy (non-hydrogen) atoms. The van der Waals surface area contributed by atoms with E-state index in [4.69, 9.17) is 14.2 Å². The summed E-state index contributed by atoms with van der Waals surface area (Å²) in [5.41, 5.74) is 4.59. The van der Waals surface area contributed by atoms with Gasteiger partial charge in [-0.1, -0.05) is 91.0 Å². The van der Waals surface area contributed by atoms with Crippen molar-refractivity contribution in [2.24, 2.45) is 0 Å². The molecule has 11 heteroatoms. The van der Waals surface area contributed by atoms with E-state index in [0.29, 0.717) is 0 Å². The molecule has 0 aliphatic rings. The second-order valence-corrected chi connectivity index (χ2v) is 8.60. The number of hydrogen-bond acceptors (Lipinski definition) is 7. The first-order chi connectivity index (χ1) is 19.4. The number of alkyl carbamates (subject to hydrolysis) is 1. The molecule has 3 aromatic carbocycles. The molecule has 0 saturated heterocycles. The topological polar surface area (TPSA) is 144 Å². The van der Waals surface area contributed by atoms with Crippen LogP contribution in [0.2, 0.25) is 0 Å². The summed E-state index contributed by atoms with van der Waals surface area (Å²) in [4.78, 5) is 49.0. The number of amides is 3. The number of carboxylic acid groups (broad SMARTS) is 1. The van der Waals surface area contributed by atoms with E-state index in [1.54, 1.807) is 72.8 Å². The lowest BCUT2D eigenvalue weighted by Crippen LogP contribution is -2.48. The third-order valence-electron chi connectivity index (χ3n) is 5.54. The van der Waals surface area contributed by atoms with Crippen LogP contribution in [-0.2, 0) is 38.8 Å². The van der Waals surface area contributed by atoms with Crippen LogP contribution in [0.4, 0.5) is 14.4 Å². The van der Waals surface area contributed by atoms with Crippen molar-refractivity contribution in [3.8, 4) is 0 Å². The van der Waals surface area contributed by atoms with Crippen molar-refractivity contribution < 1.29 is 38.5 Å². The molecule has 210 valence electrons. The number of benzene rings is 3. The van der Waals surface area contributed by atoms with E-state index in [0.717, 1.165) is 21.7 Å². The highest BCUT2D eigenvalue weighted by Crippen LogP contribution is 2.07. The van der Waals surface area contributed by atoms with E-state index < -0.39 is 30.3 Å². The van der Waals surface area contributed by atoms with E-state index in [2.05, 4.69) is 10.7 Å². The van der Waals surface area contributed by atoms with E-state index in [-0.39, 0.29) is 39.2 Å². The van der Waals surface area contributed by atoms with Crippen LogP contribution >= 0.6 is 0 Å². The molecule has 3 N–H and O–H groups in total. The second kappa shape index (κ2) is 16.0. The molecule has 3 amide bonds. The predicted molar refractivity (Wildman–Crippen MR) is 144 cm³/mol. The molecule has 0 bridgehead atoms. The summed E-state index contributed by atoms with van der Waals surface area (Å²) in [6.45, 7) is -0.188. The average Bonchev–Trinajstić information content (AvgIpc) is 2.98. The average molecular weight is 550 g/mol. The minimum absolute atomic E-state index is 0.0182. The molecule has 0 radical (unpaired) electrons. The highest BCUT2D eigenvalue weighted by atomic mass is 16.6. The highest BCUT2D eigenvalue weighted by molar-refractivity contribution is 5.79. The van der Waals surface area contributed by atoms with Crippen LogP contribution in [0.15, 0.2) is 91.0 Å². The third-order valence-corrected chi connectivity index (χ3v) is 5.54. The Labute approximate surface area is 231 Å². The maximum Gasteiger partial charge on any atom is 0.429 e. The van der Waals surface area contributed by atoms with Crippen molar-refractivity contribution in [2.45, 2.75) is 38.7 Å². The summed E-state index contributed by atoms with van der Waals surface area (Å²) < 4.78 is 15.6. The number of nitrogens with one attached hydrogen (secondary N) is 2. The van der Waals surface area contributed by atoms with E-state index in [9.17, 15) is 24.3 Å². The van der Waals surface area contributed by atoms with Crippen molar-refractivity contribution in [3.63, 3.8) is 0 Å². The number of carboxylic acids is 1. The summed E-state index contributed by atoms with van der Waals surface area (Å²) in [7, 11) is 0. The number of carbonyl (C=O) groups excluding carboxylic acids is 3. The van der Waals surface area contributed by atoms with Gasteiger partial charge in [0.2, 0.25) is 0 Å². The molecule has 0 aliphatic heterocycles. The first kappa shape index (κ1) is 29.5. The fourth-order valence-electron chi connectivity index (χ4n) is 3.47. The number of nitrogens with zero attached hydrogens (tertiary/aromatic N) is 1. The number of ether oxygens (including phenoxy) is 3. The zero-order valence-electron chi connectivity index (χ0n) is 21.7. The van der Waals surface area contributed by atoms with Gasteiger partial charge in [-0.2, -0.15) is 0 Å². The van der Waals surface area contributed by atoms with E-state index in [1.807, 2.05) is 18.2 Å². The molecule has 0 saturated carbocycles. The molecule has 1 atom stereocenters. The van der Waals surface area contributed by atoms with Gasteiger partial charge in [0, 0.05) is 6.54 Å². The lowest BCUT2D eigenvalue weighted by molar-refractivity contribution is -0.139. The standard InChI is InChI=1S/C29H31N3O8/c33-26(34)25(30-27(35)38-19-22-11-4-1-5-12-22)17-10-18-32(29(37)40-21-24-15-8-3-9-16-24)31-28(36)39-20-23-13-6-2-7-14-23/h1-9,11-16,25H,10,17-21H2,(H,30,35)(H,31,36)(H,33,34)/t25-/m0/s1. The highest BCUT2D eigenvalue weighted by Gasteiger charge is 2.23. The molecular formula is C29H31N3O8. The van der Waals surface area contributed by atoms with Gasteiger partial charge < -0.3 is 24.6 Å². The van der Waals surface area contributed by atoms with Gasteiger partial charge in [0.1, 0.15) is 25.9 Å². The summed E-state index contributed by atoms with van der Waals surface area (Å²) in [6, 6.07) is 25.6.